The maximum Gasteiger partial charge on any atom is 0.232 e. The van der Waals surface area contributed by atoms with Gasteiger partial charge in [-0.25, -0.2) is 37.5 Å². The molecule has 0 aliphatic carbocycles. The van der Waals surface area contributed by atoms with Gasteiger partial charge in [0.1, 0.15) is 23.3 Å². The van der Waals surface area contributed by atoms with Crippen molar-refractivity contribution in [2.24, 2.45) is 20.0 Å². The van der Waals surface area contributed by atoms with E-state index in [9.17, 15) is 0 Å². The minimum Gasteiger partial charge on any atom is -0.243 e. The van der Waals surface area contributed by atoms with Crippen molar-refractivity contribution in [1.82, 2.24) is 0 Å². The summed E-state index contributed by atoms with van der Waals surface area (Å²) in [7, 11) is 0. The second-order valence-electron chi connectivity index (χ2n) is 11.8. The zero-order chi connectivity index (χ0) is 34.3. The topological polar surface area (TPSA) is 49.4 Å². The van der Waals surface area contributed by atoms with E-state index in [1.54, 1.807) is 97.1 Å². The molecule has 242 valence electrons. The van der Waals surface area contributed by atoms with Crippen LogP contribution in [-0.4, -0.2) is 22.8 Å². The molecule has 0 fully saturated rings. The molecule has 8 heteroatoms. The molecule has 0 N–H and O–H groups in total. The first kappa shape index (κ1) is 31.0. The van der Waals surface area contributed by atoms with Crippen LogP contribution in [0.5, 0.6) is 0 Å². The number of hydrogen-bond donors (Lipinski definition) is 0. The van der Waals surface area contributed by atoms with Crippen molar-refractivity contribution in [1.29, 1.82) is 0 Å². The van der Waals surface area contributed by atoms with E-state index in [1.807, 2.05) is 24.3 Å². The van der Waals surface area contributed by atoms with E-state index in [1.165, 1.54) is 12.1 Å². The standard InChI is InChI=1S/C42H26F4N4/c43-31-23-13-24-32(44)35(31)41(47-37(27-15-5-1-6-16-27)38(48-41)28-17-7-2-8-18-28)42(36-33(45)25-14-26-34(36)46)49-39(29-19-9-3-10-20-29)40(50-42)30-21-11-4-12-22-30/h1-26H. The largest absolute Gasteiger partial charge is 0.243 e. The highest BCUT2D eigenvalue weighted by atomic mass is 19.1. The second-order valence-corrected chi connectivity index (χ2v) is 11.8. The molecule has 0 aromatic heterocycles. The van der Waals surface area contributed by atoms with Crippen LogP contribution in [-0.2, 0) is 11.3 Å². The quantitative estimate of drug-likeness (QED) is 0.153. The third-order valence-electron chi connectivity index (χ3n) is 8.84. The van der Waals surface area contributed by atoms with Crippen LogP contribution >= 0.6 is 0 Å². The fourth-order valence-corrected chi connectivity index (χ4v) is 6.64. The monoisotopic (exact) mass is 662 g/mol. The van der Waals surface area contributed by atoms with Crippen molar-refractivity contribution in [3.05, 3.63) is 214 Å². The van der Waals surface area contributed by atoms with E-state index < -0.39 is 45.7 Å². The van der Waals surface area contributed by atoms with Gasteiger partial charge in [0, 0.05) is 22.3 Å². The Morgan fingerprint density at radius 2 is 0.500 bits per heavy atom. The molecule has 0 spiro atoms. The van der Waals surface area contributed by atoms with Gasteiger partial charge in [0.15, 0.2) is 0 Å². The molecule has 0 saturated carbocycles. The molecule has 4 nitrogen and oxygen atoms in total. The Bertz CT molecular complexity index is 2030. The van der Waals surface area contributed by atoms with Crippen molar-refractivity contribution in [3.63, 3.8) is 0 Å². The highest BCUT2D eigenvalue weighted by molar-refractivity contribution is 6.55. The number of rotatable bonds is 7. The van der Waals surface area contributed by atoms with Crippen molar-refractivity contribution < 1.29 is 17.6 Å². The summed E-state index contributed by atoms with van der Waals surface area (Å²) in [5, 5.41) is 0. The average Bonchev–Trinajstić information content (AvgIpc) is 3.75. The lowest BCUT2D eigenvalue weighted by molar-refractivity contribution is 0.226. The zero-order valence-electron chi connectivity index (χ0n) is 26.3. The lowest BCUT2D eigenvalue weighted by Gasteiger charge is -2.38. The number of aliphatic imine (C=N–C) groups is 4. The van der Waals surface area contributed by atoms with Crippen molar-refractivity contribution >= 4 is 22.8 Å². The minimum atomic E-state index is -2.53. The molecular formula is C42H26F4N4. The first-order valence-electron chi connectivity index (χ1n) is 15.9. The van der Waals surface area contributed by atoms with Crippen LogP contribution in [0.1, 0.15) is 33.4 Å². The highest BCUT2D eigenvalue weighted by Crippen LogP contribution is 2.56. The fourth-order valence-electron chi connectivity index (χ4n) is 6.64. The SMILES string of the molecule is Fc1cccc(F)c1C1(C2(c3c(F)cccc3F)N=C(c3ccccc3)C(c3ccccc3)=N2)N=C(c2ccccc2)C(c2ccccc2)=N1. The van der Waals surface area contributed by atoms with Gasteiger partial charge < -0.3 is 0 Å². The predicted octanol–water partition coefficient (Wildman–Crippen LogP) is 9.23. The smallest absolute Gasteiger partial charge is 0.232 e. The van der Waals surface area contributed by atoms with E-state index in [-0.39, 0.29) is 22.8 Å². The normalized spacial score (nSPS) is 16.0. The van der Waals surface area contributed by atoms with Crippen LogP contribution in [0.4, 0.5) is 17.6 Å². The van der Waals surface area contributed by atoms with Crippen LogP contribution in [0, 0.1) is 23.3 Å². The summed E-state index contributed by atoms with van der Waals surface area (Å²) in [6, 6.07) is 42.6. The summed E-state index contributed by atoms with van der Waals surface area (Å²) >= 11 is 0. The molecular weight excluding hydrogens is 636 g/mol. The third-order valence-corrected chi connectivity index (χ3v) is 8.84. The Morgan fingerprint density at radius 1 is 0.280 bits per heavy atom. The zero-order valence-corrected chi connectivity index (χ0v) is 26.3. The van der Waals surface area contributed by atoms with Crippen LogP contribution in [0.3, 0.4) is 0 Å². The van der Waals surface area contributed by atoms with E-state index in [0.29, 0.717) is 22.3 Å². The van der Waals surface area contributed by atoms with Crippen molar-refractivity contribution in [2.45, 2.75) is 11.3 Å². The molecule has 6 aromatic carbocycles. The summed E-state index contributed by atoms with van der Waals surface area (Å²) in [6.45, 7) is 0. The second kappa shape index (κ2) is 12.3. The van der Waals surface area contributed by atoms with Gasteiger partial charge in [0.25, 0.3) is 0 Å². The molecule has 8 rings (SSSR count). The Balaban J connectivity index is 1.60. The maximum atomic E-state index is 16.5. The average molecular weight is 663 g/mol. The van der Waals surface area contributed by atoms with Gasteiger partial charge >= 0.3 is 0 Å². The van der Waals surface area contributed by atoms with Gasteiger partial charge in [0.05, 0.1) is 34.0 Å². The van der Waals surface area contributed by atoms with E-state index in [2.05, 4.69) is 0 Å². The van der Waals surface area contributed by atoms with E-state index in [4.69, 9.17) is 20.0 Å². The molecule has 2 heterocycles. The molecule has 0 amide bonds. The number of nitrogens with zero attached hydrogens (tertiary/aromatic N) is 4. The summed E-state index contributed by atoms with van der Waals surface area (Å²) < 4.78 is 66.1. The molecule has 6 aromatic rings. The van der Waals surface area contributed by atoms with Gasteiger partial charge in [-0.05, 0) is 24.3 Å². The third kappa shape index (κ3) is 4.91. The van der Waals surface area contributed by atoms with Crippen LogP contribution < -0.4 is 0 Å². The Morgan fingerprint density at radius 3 is 0.720 bits per heavy atom. The maximum absolute atomic E-state index is 16.5. The molecule has 2 aliphatic rings. The predicted molar refractivity (Wildman–Crippen MR) is 188 cm³/mol. The van der Waals surface area contributed by atoms with Gasteiger partial charge in [-0.2, -0.15) is 0 Å². The van der Waals surface area contributed by atoms with Gasteiger partial charge in [-0.3, -0.25) is 0 Å². The first-order valence-corrected chi connectivity index (χ1v) is 15.9. The summed E-state index contributed by atoms with van der Waals surface area (Å²) in [5.74, 6) is -4.13. The summed E-state index contributed by atoms with van der Waals surface area (Å²) in [6.07, 6.45) is 0. The molecule has 0 saturated heterocycles. The summed E-state index contributed by atoms with van der Waals surface area (Å²) in [5.41, 5.74) is -3.13. The minimum absolute atomic E-state index is 0.246. The van der Waals surface area contributed by atoms with Gasteiger partial charge in [-0.1, -0.05) is 133 Å². The van der Waals surface area contributed by atoms with Gasteiger partial charge in [-0.15, -0.1) is 0 Å². The van der Waals surface area contributed by atoms with Crippen LogP contribution in [0.15, 0.2) is 178 Å². The first-order chi connectivity index (χ1) is 24.4. The lowest BCUT2D eigenvalue weighted by Crippen LogP contribution is -2.45. The Kier molecular flexibility index (Phi) is 7.64. The van der Waals surface area contributed by atoms with Gasteiger partial charge in [0.2, 0.25) is 11.3 Å². The van der Waals surface area contributed by atoms with Crippen LogP contribution in [0.2, 0.25) is 0 Å². The Labute approximate surface area is 285 Å². The molecule has 2 aliphatic heterocycles. The molecule has 0 unspecified atom stereocenters. The van der Waals surface area contributed by atoms with E-state index >= 15 is 17.6 Å². The Hall–Kier alpha value is -6.28. The summed E-state index contributed by atoms with van der Waals surface area (Å²) in [4.78, 5) is 20.4. The fraction of sp³-hybridized carbons (Fsp3) is 0.0476. The number of benzene rings is 6. The number of halogens is 4. The highest BCUT2D eigenvalue weighted by Gasteiger charge is 2.64. The molecule has 0 bridgehead atoms. The van der Waals surface area contributed by atoms with Crippen LogP contribution in [0.25, 0.3) is 0 Å². The lowest BCUT2D eigenvalue weighted by atomic mass is 9.81. The van der Waals surface area contributed by atoms with Crippen molar-refractivity contribution in [3.8, 4) is 0 Å². The molecule has 50 heavy (non-hydrogen) atoms. The molecule has 0 atom stereocenters. The molecule has 0 radical (unpaired) electrons. The number of hydrogen-bond acceptors (Lipinski definition) is 4. The van der Waals surface area contributed by atoms with E-state index in [0.717, 1.165) is 24.3 Å². The van der Waals surface area contributed by atoms with Crippen molar-refractivity contribution in [2.75, 3.05) is 0 Å².